The molecule has 5 heteroatoms. The van der Waals surface area contributed by atoms with Gasteiger partial charge in [0.1, 0.15) is 0 Å². The van der Waals surface area contributed by atoms with Crippen LogP contribution in [0.4, 0.5) is 0 Å². The zero-order chi connectivity index (χ0) is 12.5. The first-order valence-electron chi connectivity index (χ1n) is 5.66. The van der Waals surface area contributed by atoms with E-state index in [0.717, 1.165) is 19.4 Å². The van der Waals surface area contributed by atoms with Gasteiger partial charge in [-0.2, -0.15) is 0 Å². The van der Waals surface area contributed by atoms with Crippen molar-refractivity contribution in [2.24, 2.45) is 5.73 Å². The first-order chi connectivity index (χ1) is 8.24. The number of terminal acetylenes is 1. The van der Waals surface area contributed by atoms with Crippen molar-refractivity contribution >= 4 is 5.91 Å². The van der Waals surface area contributed by atoms with Crippen molar-refractivity contribution in [3.05, 3.63) is 18.7 Å². The number of carbonyl (C=O) groups excluding carboxylic acids is 1. The standard InChI is InChI=1S/C12H18N4O/c1-2-5-11(13)12(17)15-6-3-4-8-16-9-7-14-10-16/h1,7,9-11H,3-6,8,13H2,(H,15,17). The number of nitrogens with zero attached hydrogens (tertiary/aromatic N) is 2. The number of nitrogens with one attached hydrogen (secondary N) is 1. The second-order valence-electron chi connectivity index (χ2n) is 3.81. The number of aryl methyl sites for hydroxylation is 1. The molecule has 0 aliphatic heterocycles. The Bertz CT molecular complexity index is 366. The van der Waals surface area contributed by atoms with E-state index in [1.807, 2.05) is 10.8 Å². The SMILES string of the molecule is C#CCC(N)C(=O)NCCCCn1ccnc1. The maximum atomic E-state index is 11.4. The number of rotatable bonds is 7. The molecule has 0 bridgehead atoms. The highest BCUT2D eigenvalue weighted by molar-refractivity contribution is 5.81. The summed E-state index contributed by atoms with van der Waals surface area (Å²) in [4.78, 5) is 15.3. The van der Waals surface area contributed by atoms with Crippen LogP contribution in [-0.4, -0.2) is 28.0 Å². The molecule has 1 rings (SSSR count). The third-order valence-corrected chi connectivity index (χ3v) is 2.38. The molecule has 1 amide bonds. The highest BCUT2D eigenvalue weighted by atomic mass is 16.2. The van der Waals surface area contributed by atoms with Crippen LogP contribution in [0.3, 0.4) is 0 Å². The number of amides is 1. The van der Waals surface area contributed by atoms with Gasteiger partial charge in [-0.3, -0.25) is 4.79 Å². The van der Waals surface area contributed by atoms with Crippen LogP contribution in [0.15, 0.2) is 18.7 Å². The Balaban J connectivity index is 2.04. The van der Waals surface area contributed by atoms with Gasteiger partial charge in [-0.05, 0) is 12.8 Å². The average molecular weight is 234 g/mol. The molecular formula is C12H18N4O. The van der Waals surface area contributed by atoms with E-state index in [1.165, 1.54) is 0 Å². The summed E-state index contributed by atoms with van der Waals surface area (Å²) in [5.41, 5.74) is 5.55. The summed E-state index contributed by atoms with van der Waals surface area (Å²) in [5, 5.41) is 2.76. The third kappa shape index (κ3) is 5.18. The molecule has 1 aromatic rings. The fourth-order valence-corrected chi connectivity index (χ4v) is 1.40. The van der Waals surface area contributed by atoms with E-state index in [-0.39, 0.29) is 12.3 Å². The Morgan fingerprint density at radius 2 is 2.41 bits per heavy atom. The largest absolute Gasteiger partial charge is 0.355 e. The Morgan fingerprint density at radius 1 is 1.59 bits per heavy atom. The number of hydrogen-bond donors (Lipinski definition) is 2. The molecule has 0 radical (unpaired) electrons. The smallest absolute Gasteiger partial charge is 0.237 e. The number of nitrogens with two attached hydrogens (primary N) is 1. The summed E-state index contributed by atoms with van der Waals surface area (Å²) in [5.74, 6) is 2.20. The molecule has 92 valence electrons. The van der Waals surface area contributed by atoms with Crippen molar-refractivity contribution in [2.45, 2.75) is 31.8 Å². The maximum Gasteiger partial charge on any atom is 0.237 e. The van der Waals surface area contributed by atoms with Crippen molar-refractivity contribution in [1.82, 2.24) is 14.9 Å². The summed E-state index contributed by atoms with van der Waals surface area (Å²) in [6.45, 7) is 1.54. The van der Waals surface area contributed by atoms with Crippen LogP contribution in [0, 0.1) is 12.3 Å². The van der Waals surface area contributed by atoms with Gasteiger partial charge < -0.3 is 15.6 Å². The molecule has 0 fully saturated rings. The molecule has 0 aliphatic rings. The van der Waals surface area contributed by atoms with E-state index in [2.05, 4.69) is 16.2 Å². The van der Waals surface area contributed by atoms with Gasteiger partial charge in [-0.25, -0.2) is 4.98 Å². The fourth-order valence-electron chi connectivity index (χ4n) is 1.40. The second kappa shape index (κ2) is 7.47. The molecule has 0 saturated carbocycles. The van der Waals surface area contributed by atoms with Crippen molar-refractivity contribution in [3.8, 4) is 12.3 Å². The van der Waals surface area contributed by atoms with E-state index in [4.69, 9.17) is 12.2 Å². The summed E-state index contributed by atoms with van der Waals surface area (Å²) in [7, 11) is 0. The minimum Gasteiger partial charge on any atom is -0.355 e. The number of carbonyl (C=O) groups is 1. The number of imidazole rings is 1. The minimum atomic E-state index is -0.589. The van der Waals surface area contributed by atoms with E-state index < -0.39 is 6.04 Å². The molecule has 1 heterocycles. The quantitative estimate of drug-likeness (QED) is 0.520. The predicted octanol–water partition coefficient (Wildman–Crippen LogP) is 0.130. The summed E-state index contributed by atoms with van der Waals surface area (Å²) < 4.78 is 2.01. The van der Waals surface area contributed by atoms with Gasteiger partial charge in [0.15, 0.2) is 0 Å². The average Bonchev–Trinajstić information content (AvgIpc) is 2.81. The van der Waals surface area contributed by atoms with Gasteiger partial charge >= 0.3 is 0 Å². The van der Waals surface area contributed by atoms with Crippen LogP contribution in [0.2, 0.25) is 0 Å². The van der Waals surface area contributed by atoms with Gasteiger partial charge in [0.25, 0.3) is 0 Å². The molecule has 0 aliphatic carbocycles. The van der Waals surface area contributed by atoms with Crippen LogP contribution in [0.25, 0.3) is 0 Å². The lowest BCUT2D eigenvalue weighted by Crippen LogP contribution is -2.40. The summed E-state index contributed by atoms with van der Waals surface area (Å²) in [6, 6.07) is -0.589. The van der Waals surface area contributed by atoms with Crippen LogP contribution in [0.5, 0.6) is 0 Å². The molecule has 17 heavy (non-hydrogen) atoms. The first kappa shape index (κ1) is 13.3. The van der Waals surface area contributed by atoms with Crippen LogP contribution in [0.1, 0.15) is 19.3 Å². The first-order valence-corrected chi connectivity index (χ1v) is 5.66. The molecule has 1 unspecified atom stereocenters. The van der Waals surface area contributed by atoms with Crippen LogP contribution < -0.4 is 11.1 Å². The van der Waals surface area contributed by atoms with Crippen LogP contribution >= 0.6 is 0 Å². The molecule has 3 N–H and O–H groups in total. The fraction of sp³-hybridized carbons (Fsp3) is 0.500. The molecular weight excluding hydrogens is 216 g/mol. The molecule has 0 spiro atoms. The van der Waals surface area contributed by atoms with Crippen molar-refractivity contribution in [1.29, 1.82) is 0 Å². The lowest BCUT2D eigenvalue weighted by atomic mass is 10.2. The van der Waals surface area contributed by atoms with Gasteiger partial charge in [0.05, 0.1) is 12.4 Å². The summed E-state index contributed by atoms with van der Waals surface area (Å²) >= 11 is 0. The lowest BCUT2D eigenvalue weighted by Gasteiger charge is -2.09. The lowest BCUT2D eigenvalue weighted by molar-refractivity contribution is -0.122. The Labute approximate surface area is 101 Å². The highest BCUT2D eigenvalue weighted by Crippen LogP contribution is 1.94. The third-order valence-electron chi connectivity index (χ3n) is 2.38. The molecule has 5 nitrogen and oxygen atoms in total. The van der Waals surface area contributed by atoms with Crippen molar-refractivity contribution in [3.63, 3.8) is 0 Å². The van der Waals surface area contributed by atoms with E-state index >= 15 is 0 Å². The minimum absolute atomic E-state index is 0.175. The van der Waals surface area contributed by atoms with Gasteiger partial charge in [0.2, 0.25) is 5.91 Å². The number of unbranched alkanes of at least 4 members (excludes halogenated alkanes) is 1. The van der Waals surface area contributed by atoms with Crippen molar-refractivity contribution in [2.75, 3.05) is 6.54 Å². The Kier molecular flexibility index (Phi) is 5.83. The zero-order valence-electron chi connectivity index (χ0n) is 9.80. The molecule has 0 saturated heterocycles. The normalized spacial score (nSPS) is 11.8. The summed E-state index contributed by atoms with van der Waals surface area (Å²) in [6.07, 6.45) is 12.7. The number of hydrogen-bond acceptors (Lipinski definition) is 3. The van der Waals surface area contributed by atoms with Gasteiger partial charge in [-0.15, -0.1) is 12.3 Å². The highest BCUT2D eigenvalue weighted by Gasteiger charge is 2.10. The molecule has 1 aromatic heterocycles. The monoisotopic (exact) mass is 234 g/mol. The van der Waals surface area contributed by atoms with Gasteiger partial charge in [-0.1, -0.05) is 0 Å². The van der Waals surface area contributed by atoms with E-state index in [9.17, 15) is 4.79 Å². The van der Waals surface area contributed by atoms with Crippen LogP contribution in [-0.2, 0) is 11.3 Å². The predicted molar refractivity (Wildman–Crippen MR) is 65.9 cm³/mol. The molecule has 1 atom stereocenters. The second-order valence-corrected chi connectivity index (χ2v) is 3.81. The van der Waals surface area contributed by atoms with E-state index in [1.54, 1.807) is 12.5 Å². The topological polar surface area (TPSA) is 72.9 Å². The van der Waals surface area contributed by atoms with E-state index in [0.29, 0.717) is 6.54 Å². The Morgan fingerprint density at radius 3 is 3.06 bits per heavy atom. The van der Waals surface area contributed by atoms with Crippen molar-refractivity contribution < 1.29 is 4.79 Å². The number of aromatic nitrogens is 2. The Hall–Kier alpha value is -1.80. The maximum absolute atomic E-state index is 11.4. The zero-order valence-corrected chi connectivity index (χ0v) is 9.80. The molecule has 0 aromatic carbocycles. The van der Waals surface area contributed by atoms with Gasteiger partial charge in [0, 0.05) is 31.9 Å².